The number of nitrogens with one attached hydrogen (secondary N) is 1. The smallest absolute Gasteiger partial charge is 0.157 e. The Morgan fingerprint density at radius 3 is 2.66 bits per heavy atom. The molecule has 1 aromatic carbocycles. The van der Waals surface area contributed by atoms with Gasteiger partial charge in [-0.25, -0.2) is 4.98 Å². The highest BCUT2D eigenvalue weighted by Gasteiger charge is 2.23. The van der Waals surface area contributed by atoms with Gasteiger partial charge in [-0.2, -0.15) is 0 Å². The van der Waals surface area contributed by atoms with Crippen LogP contribution in [-0.2, 0) is 6.54 Å². The maximum Gasteiger partial charge on any atom is 0.157 e. The molecule has 0 atom stereocenters. The van der Waals surface area contributed by atoms with Gasteiger partial charge in [0.15, 0.2) is 5.82 Å². The third-order valence-electron chi connectivity index (χ3n) is 7.40. The minimum Gasteiger partial charge on any atom is -0.355 e. The molecule has 0 saturated carbocycles. The minimum absolute atomic E-state index is 0.566. The Balaban J connectivity index is 1.28. The van der Waals surface area contributed by atoms with Crippen molar-refractivity contribution in [1.29, 1.82) is 0 Å². The van der Waals surface area contributed by atoms with Gasteiger partial charge in [-0.1, -0.05) is 12.1 Å². The van der Waals surface area contributed by atoms with Crippen LogP contribution in [0.2, 0.25) is 0 Å². The van der Waals surface area contributed by atoms with Crippen LogP contribution in [0.25, 0.3) is 33.4 Å². The maximum absolute atomic E-state index is 5.01. The zero-order valence-corrected chi connectivity index (χ0v) is 21.3. The number of hydrogen-bond acceptors (Lipinski definition) is 7. The van der Waals surface area contributed by atoms with Crippen LogP contribution in [0.1, 0.15) is 29.8 Å². The predicted molar refractivity (Wildman–Crippen MR) is 150 cm³/mol. The van der Waals surface area contributed by atoms with Crippen molar-refractivity contribution in [2.24, 2.45) is 4.99 Å². The van der Waals surface area contributed by atoms with Crippen molar-refractivity contribution in [2.45, 2.75) is 19.4 Å². The van der Waals surface area contributed by atoms with Crippen molar-refractivity contribution >= 4 is 22.4 Å². The molecule has 0 unspecified atom stereocenters. The molecule has 4 aromatic heterocycles. The number of likely N-dealkylation sites (tertiary alicyclic amines) is 1. The summed E-state index contributed by atoms with van der Waals surface area (Å²) in [6.45, 7) is 3.86. The molecule has 0 amide bonds. The first kappa shape index (κ1) is 22.7. The normalized spacial score (nSPS) is 15.6. The van der Waals surface area contributed by atoms with Gasteiger partial charge < -0.3 is 9.88 Å². The Bertz CT molecular complexity index is 1650. The molecule has 8 heteroatoms. The van der Waals surface area contributed by atoms with Crippen molar-refractivity contribution < 1.29 is 0 Å². The Morgan fingerprint density at radius 1 is 0.895 bits per heavy atom. The summed E-state index contributed by atoms with van der Waals surface area (Å²) in [5.41, 5.74) is 9.96. The summed E-state index contributed by atoms with van der Waals surface area (Å²) >= 11 is 0. The van der Waals surface area contributed by atoms with E-state index in [1.165, 1.54) is 31.5 Å². The Hall–Kier alpha value is -4.43. The second kappa shape index (κ2) is 9.46. The molecule has 0 spiro atoms. The van der Waals surface area contributed by atoms with Crippen LogP contribution in [0, 0.1) is 0 Å². The van der Waals surface area contributed by atoms with Crippen LogP contribution >= 0.6 is 0 Å². The second-order valence-electron chi connectivity index (χ2n) is 10.0. The Labute approximate surface area is 221 Å². The highest BCUT2D eigenvalue weighted by atomic mass is 15.2. The molecule has 6 heterocycles. The molecule has 8 nitrogen and oxygen atoms in total. The molecule has 0 radical (unpaired) electrons. The van der Waals surface area contributed by atoms with Gasteiger partial charge in [0.2, 0.25) is 0 Å². The molecular formula is C30H28N8. The zero-order valence-electron chi connectivity index (χ0n) is 21.3. The quantitative estimate of drug-likeness (QED) is 0.369. The number of imidazole rings is 1. The van der Waals surface area contributed by atoms with Gasteiger partial charge >= 0.3 is 0 Å². The van der Waals surface area contributed by atoms with E-state index in [0.29, 0.717) is 6.67 Å². The van der Waals surface area contributed by atoms with E-state index in [-0.39, 0.29) is 0 Å². The molecule has 1 fully saturated rings. The standard InChI is InChI=1S/C30H28N8/c1-37-19-34-29(30-35-26-17-32-16-24(28(26)36-30)25-6-2-3-9-33-25)23-13-21(7-8-27(23)37)22-12-20(14-31-15-22)18-38-10-4-5-11-38/h2-3,6-9,12-17H,4-5,10-11,18-19H2,1H3,(H,35,36). The number of rotatable bonds is 5. The van der Waals surface area contributed by atoms with E-state index in [4.69, 9.17) is 9.98 Å². The number of aromatic nitrogens is 5. The van der Waals surface area contributed by atoms with E-state index in [1.54, 1.807) is 6.20 Å². The van der Waals surface area contributed by atoms with Crippen molar-refractivity contribution in [1.82, 2.24) is 29.8 Å². The number of aromatic amines is 1. The van der Waals surface area contributed by atoms with Crippen molar-refractivity contribution in [2.75, 3.05) is 31.7 Å². The van der Waals surface area contributed by atoms with Gasteiger partial charge in [-0.15, -0.1) is 0 Å². The summed E-state index contributed by atoms with van der Waals surface area (Å²) in [6.07, 6.45) is 11.9. The lowest BCUT2D eigenvalue weighted by Crippen LogP contribution is -2.26. The summed E-state index contributed by atoms with van der Waals surface area (Å²) in [4.78, 5) is 31.6. The van der Waals surface area contributed by atoms with Crippen molar-refractivity contribution in [3.63, 3.8) is 0 Å². The van der Waals surface area contributed by atoms with E-state index in [0.717, 1.165) is 62.7 Å². The lowest BCUT2D eigenvalue weighted by Gasteiger charge is -2.26. The highest BCUT2D eigenvalue weighted by molar-refractivity contribution is 6.16. The third-order valence-corrected chi connectivity index (χ3v) is 7.40. The Kier molecular flexibility index (Phi) is 5.66. The van der Waals surface area contributed by atoms with Gasteiger partial charge in [0, 0.05) is 60.8 Å². The molecule has 2 aliphatic rings. The molecule has 0 bridgehead atoms. The number of hydrogen-bond donors (Lipinski definition) is 1. The number of benzene rings is 1. The maximum atomic E-state index is 5.01. The van der Waals surface area contributed by atoms with Crippen LogP contribution in [0.5, 0.6) is 0 Å². The van der Waals surface area contributed by atoms with Gasteiger partial charge in [0.25, 0.3) is 0 Å². The fourth-order valence-corrected chi connectivity index (χ4v) is 5.46. The van der Waals surface area contributed by atoms with E-state index in [2.05, 4.69) is 61.0 Å². The minimum atomic E-state index is 0.566. The average Bonchev–Trinajstić information content (AvgIpc) is 3.64. The zero-order chi connectivity index (χ0) is 25.5. The van der Waals surface area contributed by atoms with E-state index < -0.39 is 0 Å². The van der Waals surface area contributed by atoms with E-state index in [1.807, 2.05) is 43.0 Å². The summed E-state index contributed by atoms with van der Waals surface area (Å²) in [7, 11) is 2.07. The molecule has 2 aliphatic heterocycles. The van der Waals surface area contributed by atoms with Gasteiger partial charge in [-0.3, -0.25) is 24.8 Å². The number of anilines is 1. The average molecular weight is 501 g/mol. The fraction of sp³-hybridized carbons (Fsp3) is 0.233. The number of nitrogens with zero attached hydrogens (tertiary/aromatic N) is 7. The van der Waals surface area contributed by atoms with Crippen molar-refractivity contribution in [3.05, 3.63) is 90.4 Å². The Morgan fingerprint density at radius 2 is 1.79 bits per heavy atom. The monoisotopic (exact) mass is 500 g/mol. The molecule has 188 valence electrons. The van der Waals surface area contributed by atoms with Gasteiger partial charge in [0.1, 0.15) is 17.9 Å². The van der Waals surface area contributed by atoms with Crippen LogP contribution in [-0.4, -0.2) is 62.3 Å². The number of pyridine rings is 3. The predicted octanol–water partition coefficient (Wildman–Crippen LogP) is 4.92. The number of fused-ring (bicyclic) bond motifs is 2. The van der Waals surface area contributed by atoms with Crippen LogP contribution < -0.4 is 4.90 Å². The van der Waals surface area contributed by atoms with Crippen molar-refractivity contribution in [3.8, 4) is 22.4 Å². The second-order valence-corrected chi connectivity index (χ2v) is 10.0. The lowest BCUT2D eigenvalue weighted by atomic mass is 9.97. The topological polar surface area (TPSA) is 86.2 Å². The first-order chi connectivity index (χ1) is 18.7. The van der Waals surface area contributed by atoms with E-state index >= 15 is 0 Å². The molecular weight excluding hydrogens is 472 g/mol. The van der Waals surface area contributed by atoms with Crippen LogP contribution in [0.3, 0.4) is 0 Å². The summed E-state index contributed by atoms with van der Waals surface area (Å²) in [5, 5.41) is 0. The summed E-state index contributed by atoms with van der Waals surface area (Å²) in [5.74, 6) is 0.734. The van der Waals surface area contributed by atoms with Crippen LogP contribution in [0.15, 0.2) is 78.4 Å². The summed E-state index contributed by atoms with van der Waals surface area (Å²) < 4.78 is 0. The number of aliphatic imine (C=N–C) groups is 1. The van der Waals surface area contributed by atoms with Gasteiger partial charge in [0.05, 0.1) is 17.4 Å². The molecule has 0 aliphatic carbocycles. The molecule has 1 saturated heterocycles. The largest absolute Gasteiger partial charge is 0.355 e. The summed E-state index contributed by atoms with van der Waals surface area (Å²) in [6, 6.07) is 14.7. The van der Waals surface area contributed by atoms with Gasteiger partial charge in [-0.05, 0) is 67.4 Å². The highest BCUT2D eigenvalue weighted by Crippen LogP contribution is 2.33. The first-order valence-corrected chi connectivity index (χ1v) is 13.0. The van der Waals surface area contributed by atoms with Crippen LogP contribution in [0.4, 0.5) is 5.69 Å². The van der Waals surface area contributed by atoms with E-state index in [9.17, 15) is 0 Å². The molecule has 1 N–H and O–H groups in total. The number of H-pyrrole nitrogens is 1. The first-order valence-electron chi connectivity index (χ1n) is 13.0. The fourth-order valence-electron chi connectivity index (χ4n) is 5.46. The molecule has 7 rings (SSSR count). The third kappa shape index (κ3) is 4.13. The SMILES string of the molecule is CN1CN=C(c2nc3c(-c4ccccn4)cncc3[nH]2)c2cc(-c3cncc(CN4CCCC4)c3)ccc21. The molecule has 5 aromatic rings. The molecule has 38 heavy (non-hydrogen) atoms. The lowest BCUT2D eigenvalue weighted by molar-refractivity contribution is 0.331.